The van der Waals surface area contributed by atoms with Gasteiger partial charge in [0.25, 0.3) is 0 Å². The van der Waals surface area contributed by atoms with E-state index in [1.165, 1.54) is 11.8 Å². The fraction of sp³-hybridized carbons (Fsp3) is 0.889. The van der Waals surface area contributed by atoms with Gasteiger partial charge in [0.2, 0.25) is 0 Å². The van der Waals surface area contributed by atoms with Crippen LogP contribution in [0.1, 0.15) is 26.7 Å². The van der Waals surface area contributed by atoms with Gasteiger partial charge in [0.05, 0.1) is 19.4 Å². The topological polar surface area (TPSA) is 52.6 Å². The van der Waals surface area contributed by atoms with E-state index < -0.39 is 7.60 Å². The van der Waals surface area contributed by atoms with Crippen LogP contribution in [0.3, 0.4) is 0 Å². The molecule has 0 radical (unpaired) electrons. The second-order valence-electron chi connectivity index (χ2n) is 3.28. The van der Waals surface area contributed by atoms with Crippen LogP contribution in [-0.4, -0.2) is 29.7 Å². The van der Waals surface area contributed by atoms with Gasteiger partial charge < -0.3 is 9.05 Å². The van der Waals surface area contributed by atoms with Crippen molar-refractivity contribution in [1.82, 2.24) is 0 Å². The molecule has 1 unspecified atom stereocenters. The highest BCUT2D eigenvalue weighted by atomic mass is 32.2. The predicted molar refractivity (Wildman–Crippen MR) is 61.3 cm³/mol. The first-order valence-electron chi connectivity index (χ1n) is 5.17. The summed E-state index contributed by atoms with van der Waals surface area (Å²) in [6, 6.07) is 0. The number of carbonyl (C=O) groups is 1. The minimum Gasteiger partial charge on any atom is -0.309 e. The Hall–Kier alpha value is 0.170. The van der Waals surface area contributed by atoms with Gasteiger partial charge in [0.15, 0.2) is 5.12 Å². The maximum absolute atomic E-state index is 12.1. The molecule has 0 spiro atoms. The molecule has 15 heavy (non-hydrogen) atoms. The van der Waals surface area contributed by atoms with E-state index in [4.69, 9.17) is 9.05 Å². The number of thioether (sulfide) groups is 1. The molecule has 1 saturated heterocycles. The normalized spacial score (nSPS) is 22.3. The van der Waals surface area contributed by atoms with Crippen molar-refractivity contribution in [3.8, 4) is 0 Å². The fourth-order valence-electron chi connectivity index (χ4n) is 1.50. The van der Waals surface area contributed by atoms with Crippen LogP contribution in [0.2, 0.25) is 0 Å². The molecule has 0 bridgehead atoms. The summed E-state index contributed by atoms with van der Waals surface area (Å²) in [4.78, 5) is 11.0. The number of hydrogen-bond donors (Lipinski definition) is 0. The molecule has 1 aliphatic rings. The van der Waals surface area contributed by atoms with E-state index >= 15 is 0 Å². The van der Waals surface area contributed by atoms with E-state index in [9.17, 15) is 9.36 Å². The molecular weight excluding hydrogens is 235 g/mol. The molecule has 0 amide bonds. The summed E-state index contributed by atoms with van der Waals surface area (Å²) in [5.41, 5.74) is 0. The first-order valence-corrected chi connectivity index (χ1v) is 7.78. The molecule has 0 aromatic rings. The lowest BCUT2D eigenvalue weighted by Crippen LogP contribution is -2.09. The molecule has 1 rings (SSSR count). The van der Waals surface area contributed by atoms with Gasteiger partial charge in [-0.2, -0.15) is 0 Å². The average Bonchev–Trinajstić information content (AvgIpc) is 2.51. The summed E-state index contributed by atoms with van der Waals surface area (Å²) in [6.07, 6.45) is 1.71. The van der Waals surface area contributed by atoms with Crippen molar-refractivity contribution in [2.24, 2.45) is 0 Å². The standard InChI is InChI=1S/C9H17O4PS/c1-3-12-14(11,13-4-2)7-8-5-6-9(10)15-8/h8H,3-7H2,1-2H3. The Kier molecular flexibility index (Phi) is 5.33. The number of hydrogen-bond acceptors (Lipinski definition) is 5. The average molecular weight is 252 g/mol. The van der Waals surface area contributed by atoms with Crippen LogP contribution in [0.4, 0.5) is 0 Å². The Morgan fingerprint density at radius 3 is 2.40 bits per heavy atom. The Morgan fingerprint density at radius 2 is 2.00 bits per heavy atom. The monoisotopic (exact) mass is 252 g/mol. The summed E-state index contributed by atoms with van der Waals surface area (Å²) in [6.45, 7) is 4.34. The van der Waals surface area contributed by atoms with Crippen molar-refractivity contribution >= 4 is 24.5 Å². The second kappa shape index (κ2) is 6.04. The highest BCUT2D eigenvalue weighted by molar-refractivity contribution is 8.14. The van der Waals surface area contributed by atoms with Crippen LogP contribution in [0, 0.1) is 0 Å². The number of carbonyl (C=O) groups excluding carboxylic acids is 1. The summed E-state index contributed by atoms with van der Waals surface area (Å²) >= 11 is 1.27. The minimum atomic E-state index is -2.97. The van der Waals surface area contributed by atoms with Crippen LogP contribution in [-0.2, 0) is 18.4 Å². The van der Waals surface area contributed by atoms with Gasteiger partial charge in [0, 0.05) is 11.7 Å². The smallest absolute Gasteiger partial charge is 0.309 e. The molecule has 1 aliphatic heterocycles. The third-order valence-electron chi connectivity index (χ3n) is 2.05. The van der Waals surface area contributed by atoms with E-state index in [0.29, 0.717) is 25.8 Å². The Balaban J connectivity index is 2.50. The third-order valence-corrected chi connectivity index (χ3v) is 5.69. The zero-order valence-electron chi connectivity index (χ0n) is 9.10. The molecule has 1 atom stereocenters. The molecule has 6 heteroatoms. The quantitative estimate of drug-likeness (QED) is 0.680. The SMILES string of the molecule is CCOP(=O)(CC1CCC(=O)S1)OCC. The van der Waals surface area contributed by atoms with Gasteiger partial charge in [0.1, 0.15) is 0 Å². The summed E-state index contributed by atoms with van der Waals surface area (Å²) < 4.78 is 22.5. The molecule has 1 heterocycles. The molecule has 1 fully saturated rings. The van der Waals surface area contributed by atoms with Gasteiger partial charge in [-0.1, -0.05) is 11.8 Å². The van der Waals surface area contributed by atoms with Crippen LogP contribution in [0.25, 0.3) is 0 Å². The lowest BCUT2D eigenvalue weighted by Gasteiger charge is -2.19. The van der Waals surface area contributed by atoms with Crippen LogP contribution in [0.5, 0.6) is 0 Å². The first kappa shape index (κ1) is 13.2. The maximum Gasteiger partial charge on any atom is 0.331 e. The summed E-state index contributed by atoms with van der Waals surface area (Å²) in [5.74, 6) is 0. The predicted octanol–water partition coefficient (Wildman–Crippen LogP) is 2.67. The van der Waals surface area contributed by atoms with Crippen molar-refractivity contribution < 1.29 is 18.4 Å². The lowest BCUT2D eigenvalue weighted by molar-refractivity contribution is -0.110. The zero-order valence-corrected chi connectivity index (χ0v) is 10.8. The van der Waals surface area contributed by atoms with E-state index in [1.807, 2.05) is 0 Å². The highest BCUT2D eigenvalue weighted by Gasteiger charge is 2.33. The van der Waals surface area contributed by atoms with E-state index in [-0.39, 0.29) is 10.4 Å². The molecule has 88 valence electrons. The Labute approximate surface area is 94.6 Å². The van der Waals surface area contributed by atoms with Crippen molar-refractivity contribution in [3.63, 3.8) is 0 Å². The van der Waals surface area contributed by atoms with Gasteiger partial charge in [-0.25, -0.2) is 0 Å². The van der Waals surface area contributed by atoms with Crippen LogP contribution in [0.15, 0.2) is 0 Å². The largest absolute Gasteiger partial charge is 0.331 e. The molecule has 0 N–H and O–H groups in total. The van der Waals surface area contributed by atoms with Crippen molar-refractivity contribution in [2.75, 3.05) is 19.4 Å². The van der Waals surface area contributed by atoms with Gasteiger partial charge in [-0.3, -0.25) is 9.36 Å². The van der Waals surface area contributed by atoms with E-state index in [0.717, 1.165) is 6.42 Å². The Bertz CT molecular complexity index is 259. The maximum atomic E-state index is 12.1. The second-order valence-corrected chi connectivity index (χ2v) is 6.74. The molecule has 0 saturated carbocycles. The molecule has 0 aliphatic carbocycles. The minimum absolute atomic E-state index is 0.0985. The van der Waals surface area contributed by atoms with Gasteiger partial charge in [-0.15, -0.1) is 0 Å². The molecule has 0 aromatic carbocycles. The fourth-order valence-corrected chi connectivity index (χ4v) is 4.94. The first-order chi connectivity index (χ1) is 7.09. The molecular formula is C9H17O4PS. The van der Waals surface area contributed by atoms with Crippen molar-refractivity contribution in [1.29, 1.82) is 0 Å². The van der Waals surface area contributed by atoms with Crippen molar-refractivity contribution in [2.45, 2.75) is 31.9 Å². The summed E-state index contributed by atoms with van der Waals surface area (Å²) in [7, 11) is -2.97. The number of rotatable bonds is 6. The Morgan fingerprint density at radius 1 is 1.40 bits per heavy atom. The molecule has 0 aromatic heterocycles. The van der Waals surface area contributed by atoms with E-state index in [2.05, 4.69) is 0 Å². The van der Waals surface area contributed by atoms with Crippen LogP contribution < -0.4 is 0 Å². The zero-order chi connectivity index (χ0) is 11.3. The van der Waals surface area contributed by atoms with E-state index in [1.54, 1.807) is 13.8 Å². The van der Waals surface area contributed by atoms with Crippen LogP contribution >= 0.6 is 19.4 Å². The lowest BCUT2D eigenvalue weighted by atomic mass is 10.3. The molecule has 4 nitrogen and oxygen atoms in total. The third kappa shape index (κ3) is 4.27. The van der Waals surface area contributed by atoms with Gasteiger partial charge in [-0.05, 0) is 20.3 Å². The van der Waals surface area contributed by atoms with Gasteiger partial charge >= 0.3 is 7.60 Å². The van der Waals surface area contributed by atoms with Crippen molar-refractivity contribution in [3.05, 3.63) is 0 Å². The highest BCUT2D eigenvalue weighted by Crippen LogP contribution is 2.51. The summed E-state index contributed by atoms with van der Waals surface area (Å²) in [5, 5.41) is 0.279.